The van der Waals surface area contributed by atoms with Crippen molar-refractivity contribution in [3.8, 4) is 5.75 Å². The molecule has 104 valence electrons. The van der Waals surface area contributed by atoms with Crippen LogP contribution in [0, 0.1) is 0 Å². The van der Waals surface area contributed by atoms with Gasteiger partial charge in [0.2, 0.25) is 0 Å². The van der Waals surface area contributed by atoms with E-state index in [1.807, 2.05) is 12.1 Å². The maximum atomic E-state index is 5.75. The molecule has 0 spiro atoms. The molecule has 0 saturated carbocycles. The van der Waals surface area contributed by atoms with Crippen LogP contribution in [0.3, 0.4) is 0 Å². The first-order valence-corrected chi connectivity index (χ1v) is 8.97. The Morgan fingerprint density at radius 1 is 1.10 bits per heavy atom. The minimum atomic E-state index is 0.263. The molecule has 1 aliphatic heterocycles. The molecule has 0 radical (unpaired) electrons. The smallest absolute Gasteiger partial charge is 0.122 e. The van der Waals surface area contributed by atoms with Crippen LogP contribution in [-0.4, -0.2) is 6.61 Å². The van der Waals surface area contributed by atoms with Crippen LogP contribution in [0.15, 0.2) is 51.4 Å². The van der Waals surface area contributed by atoms with E-state index in [4.69, 9.17) is 4.74 Å². The Kier molecular flexibility index (Phi) is 4.53. The van der Waals surface area contributed by atoms with Crippen LogP contribution in [0.25, 0.3) is 0 Å². The Hall–Kier alpha value is -0.320. The third kappa shape index (κ3) is 2.83. The van der Waals surface area contributed by atoms with Crippen LogP contribution < -0.4 is 4.74 Å². The summed E-state index contributed by atoms with van der Waals surface area (Å²) in [6.45, 7) is 0.773. The number of rotatable bonds is 2. The van der Waals surface area contributed by atoms with Crippen molar-refractivity contribution in [2.24, 2.45) is 0 Å². The number of para-hydroxylation sites is 1. The summed E-state index contributed by atoms with van der Waals surface area (Å²) in [5.74, 6) is 1.44. The second-order valence-electron chi connectivity index (χ2n) is 4.85. The van der Waals surface area contributed by atoms with Crippen molar-refractivity contribution in [1.29, 1.82) is 0 Å². The highest BCUT2D eigenvalue weighted by atomic mass is 79.9. The summed E-state index contributed by atoms with van der Waals surface area (Å²) in [5.41, 5.74) is 2.55. The summed E-state index contributed by atoms with van der Waals surface area (Å²) >= 11 is 11.1. The molecule has 2 atom stereocenters. The lowest BCUT2D eigenvalue weighted by atomic mass is 9.87. The highest BCUT2D eigenvalue weighted by Crippen LogP contribution is 2.47. The second-order valence-corrected chi connectivity index (χ2v) is 7.61. The van der Waals surface area contributed by atoms with Crippen molar-refractivity contribution in [3.05, 3.63) is 62.5 Å². The summed E-state index contributed by atoms with van der Waals surface area (Å²) < 4.78 is 7.98. The molecule has 2 aromatic rings. The minimum Gasteiger partial charge on any atom is -0.493 e. The van der Waals surface area contributed by atoms with Gasteiger partial charge in [-0.3, -0.25) is 0 Å². The Morgan fingerprint density at radius 3 is 2.75 bits per heavy atom. The summed E-state index contributed by atoms with van der Waals surface area (Å²) in [6, 6.07) is 14.6. The highest BCUT2D eigenvalue weighted by molar-refractivity contribution is 9.11. The molecule has 1 aliphatic rings. The monoisotopic (exact) mass is 458 g/mol. The van der Waals surface area contributed by atoms with Gasteiger partial charge in [-0.1, -0.05) is 66.0 Å². The lowest BCUT2D eigenvalue weighted by Gasteiger charge is -2.30. The van der Waals surface area contributed by atoms with E-state index in [0.29, 0.717) is 5.92 Å². The summed E-state index contributed by atoms with van der Waals surface area (Å²) in [4.78, 5) is 0.263. The van der Waals surface area contributed by atoms with Gasteiger partial charge in [0.1, 0.15) is 5.75 Å². The number of halogens is 3. The Bertz CT molecular complexity index is 627. The molecule has 0 aliphatic carbocycles. The zero-order valence-corrected chi connectivity index (χ0v) is 15.4. The molecule has 4 heteroatoms. The van der Waals surface area contributed by atoms with Crippen LogP contribution in [0.4, 0.5) is 0 Å². The van der Waals surface area contributed by atoms with E-state index in [-0.39, 0.29) is 4.83 Å². The van der Waals surface area contributed by atoms with E-state index in [2.05, 4.69) is 78.1 Å². The van der Waals surface area contributed by atoms with Crippen LogP contribution in [-0.2, 0) is 0 Å². The van der Waals surface area contributed by atoms with Gasteiger partial charge in [-0.2, -0.15) is 0 Å². The number of fused-ring (bicyclic) bond motifs is 1. The molecule has 1 heterocycles. The lowest BCUT2D eigenvalue weighted by molar-refractivity contribution is 0.266. The van der Waals surface area contributed by atoms with Crippen molar-refractivity contribution in [3.63, 3.8) is 0 Å². The highest BCUT2D eigenvalue weighted by Gasteiger charge is 2.29. The van der Waals surface area contributed by atoms with Crippen molar-refractivity contribution in [1.82, 2.24) is 0 Å². The largest absolute Gasteiger partial charge is 0.493 e. The predicted molar refractivity (Wildman–Crippen MR) is 92.8 cm³/mol. The third-order valence-electron chi connectivity index (χ3n) is 3.61. The minimum absolute atomic E-state index is 0.263. The Labute approximate surface area is 144 Å². The zero-order valence-electron chi connectivity index (χ0n) is 10.7. The lowest BCUT2D eigenvalue weighted by Crippen LogP contribution is -2.17. The number of hydrogen-bond donors (Lipinski definition) is 0. The maximum Gasteiger partial charge on any atom is 0.122 e. The first-order chi connectivity index (χ1) is 9.66. The van der Waals surface area contributed by atoms with Crippen LogP contribution in [0.2, 0.25) is 0 Å². The van der Waals surface area contributed by atoms with Gasteiger partial charge < -0.3 is 4.74 Å². The number of hydrogen-bond acceptors (Lipinski definition) is 1. The first-order valence-electron chi connectivity index (χ1n) is 6.47. The molecule has 20 heavy (non-hydrogen) atoms. The standard InChI is InChI=1S/C16H13Br3O/c17-10-5-6-14(18)13(9-10)16(19)12-7-8-20-15-4-2-1-3-11(12)15/h1-6,9,12,16H,7-8H2. The molecule has 0 bridgehead atoms. The summed E-state index contributed by atoms with van der Waals surface area (Å²) in [5, 5.41) is 0. The molecule has 0 fully saturated rings. The molecule has 0 aromatic heterocycles. The molecule has 0 saturated heterocycles. The molecular weight excluding hydrogens is 448 g/mol. The quantitative estimate of drug-likeness (QED) is 0.484. The van der Waals surface area contributed by atoms with E-state index >= 15 is 0 Å². The van der Waals surface area contributed by atoms with Gasteiger partial charge >= 0.3 is 0 Å². The zero-order chi connectivity index (χ0) is 14.1. The van der Waals surface area contributed by atoms with Gasteiger partial charge in [-0.25, -0.2) is 0 Å². The molecule has 2 aromatic carbocycles. The van der Waals surface area contributed by atoms with Crippen molar-refractivity contribution >= 4 is 47.8 Å². The van der Waals surface area contributed by atoms with Gasteiger partial charge in [0.15, 0.2) is 0 Å². The fraction of sp³-hybridized carbons (Fsp3) is 0.250. The average Bonchev–Trinajstić information content (AvgIpc) is 2.48. The Morgan fingerprint density at radius 2 is 1.90 bits per heavy atom. The SMILES string of the molecule is Brc1ccc(Br)c(C(Br)C2CCOc3ccccc32)c1. The van der Waals surface area contributed by atoms with E-state index in [1.54, 1.807) is 0 Å². The van der Waals surface area contributed by atoms with Crippen LogP contribution in [0.5, 0.6) is 5.75 Å². The molecule has 0 amide bonds. The van der Waals surface area contributed by atoms with Crippen molar-refractivity contribution in [2.75, 3.05) is 6.61 Å². The van der Waals surface area contributed by atoms with Crippen molar-refractivity contribution in [2.45, 2.75) is 17.2 Å². The summed E-state index contributed by atoms with van der Waals surface area (Å²) in [6.07, 6.45) is 1.02. The van der Waals surface area contributed by atoms with E-state index in [1.165, 1.54) is 11.1 Å². The van der Waals surface area contributed by atoms with Crippen LogP contribution >= 0.6 is 47.8 Å². The number of ether oxygens (including phenoxy) is 1. The van der Waals surface area contributed by atoms with Gasteiger partial charge in [-0.05, 0) is 41.8 Å². The second kappa shape index (κ2) is 6.20. The van der Waals surface area contributed by atoms with Gasteiger partial charge in [0.25, 0.3) is 0 Å². The first kappa shape index (κ1) is 14.6. The van der Waals surface area contributed by atoms with E-state index < -0.39 is 0 Å². The fourth-order valence-electron chi connectivity index (χ4n) is 2.62. The number of benzene rings is 2. The fourth-order valence-corrected chi connectivity index (χ4v) is 4.72. The third-order valence-corrected chi connectivity index (χ3v) is 5.96. The topological polar surface area (TPSA) is 9.23 Å². The molecule has 3 rings (SSSR count). The molecule has 1 nitrogen and oxygen atoms in total. The molecular formula is C16H13Br3O. The van der Waals surface area contributed by atoms with Crippen LogP contribution in [0.1, 0.15) is 28.3 Å². The van der Waals surface area contributed by atoms with Gasteiger partial charge in [0.05, 0.1) is 6.61 Å². The van der Waals surface area contributed by atoms with Crippen molar-refractivity contribution < 1.29 is 4.74 Å². The summed E-state index contributed by atoms with van der Waals surface area (Å²) in [7, 11) is 0. The Balaban J connectivity index is 1.99. The molecule has 2 unspecified atom stereocenters. The van der Waals surface area contributed by atoms with E-state index in [9.17, 15) is 0 Å². The van der Waals surface area contributed by atoms with E-state index in [0.717, 1.165) is 27.7 Å². The maximum absolute atomic E-state index is 5.75. The van der Waals surface area contributed by atoms with Gasteiger partial charge in [-0.15, -0.1) is 0 Å². The molecule has 0 N–H and O–H groups in total. The number of alkyl halides is 1. The normalized spacial score (nSPS) is 19.1. The average molecular weight is 461 g/mol. The van der Waals surface area contributed by atoms with Gasteiger partial charge in [0, 0.05) is 19.7 Å². The predicted octanol–water partition coefficient (Wildman–Crippen LogP) is 6.21.